The number of carboxylic acid groups (broad SMARTS) is 1. The van der Waals surface area contributed by atoms with Crippen LogP contribution in [0.5, 0.6) is 46.0 Å². The first-order valence-corrected chi connectivity index (χ1v) is 25.3. The Bertz CT molecular complexity index is 2780. The Morgan fingerprint density at radius 1 is 0.494 bits per heavy atom. The van der Waals surface area contributed by atoms with E-state index in [0.717, 1.165) is 37.7 Å². The number of aliphatic carboxylic acids is 1. The maximum Gasteiger partial charge on any atom is 0.377 e. The lowest BCUT2D eigenvalue weighted by Gasteiger charge is -2.23. The maximum absolute atomic E-state index is 13.5. The molecule has 9 rings (SSSR count). The van der Waals surface area contributed by atoms with Crippen LogP contribution in [0.4, 0.5) is 0 Å². The van der Waals surface area contributed by atoms with Crippen LogP contribution in [0.25, 0.3) is 0 Å². The number of carboxylic acids is 1. The molecule has 4 N–H and O–H groups in total. The van der Waals surface area contributed by atoms with Gasteiger partial charge in [0.05, 0.1) is 75.6 Å². The highest BCUT2D eigenvalue weighted by Crippen LogP contribution is 2.41. The summed E-state index contributed by atoms with van der Waals surface area (Å²) in [5.74, 6) is -1.94. The van der Waals surface area contributed by atoms with Gasteiger partial charge in [-0.3, -0.25) is 24.0 Å². The fraction of sp³-hybridized carbons (Fsp3) is 0.472. The Balaban J connectivity index is 0.000000227. The number of methoxy groups -OCH3 is 8. The van der Waals surface area contributed by atoms with Crippen LogP contribution >= 0.6 is 0 Å². The standard InChI is InChI=1S/C32H36N4O11.C11H12O6.C10H16N4O/c1-42-22-13-17(12-19(16-37)27(22)45-4)25(38)31(40)35-10-6-8-20(35)29-33-34-30(47-29)21-9-7-11-36(21)32(41)26(39)18-14-23(43-2)28(46-5)24(15-18)44-3;1-15-7-4-6(9(12)11(13)14)5-8(16-2)10(7)17-3;1-3-7(11-5-1)9-13-14-10(15-9)8-4-2-6-12-8/h12-15,20-21,37H,6-11,16H2,1-5H3;4-5H,1-3H3,(H,13,14);7-8,11-12H,1-6H2/t20-,21?;;7-,8?/m0.0/s1. The fourth-order valence-corrected chi connectivity index (χ4v) is 9.72. The molecule has 4 aliphatic rings. The summed E-state index contributed by atoms with van der Waals surface area (Å²) in [6, 6.07) is 7.42. The molecule has 2 unspecified atom stereocenters. The molecule has 79 heavy (non-hydrogen) atoms. The Morgan fingerprint density at radius 2 is 0.848 bits per heavy atom. The van der Waals surface area contributed by atoms with E-state index in [1.54, 1.807) is 0 Å². The third-order valence-corrected chi connectivity index (χ3v) is 13.7. The molecule has 0 saturated carbocycles. The number of aliphatic hydroxyl groups is 1. The number of hydrogen-bond donors (Lipinski definition) is 4. The van der Waals surface area contributed by atoms with E-state index in [0.29, 0.717) is 43.5 Å². The predicted octanol–water partition coefficient (Wildman–Crippen LogP) is 4.60. The van der Waals surface area contributed by atoms with Crippen molar-refractivity contribution in [3.8, 4) is 46.0 Å². The zero-order valence-electron chi connectivity index (χ0n) is 45.1. The number of aliphatic hydroxyl groups excluding tert-OH is 1. The SMILES string of the molecule is C1CNC(c2nnc([C@@H]3CCCN3)o2)C1.COc1cc(C(=O)C(=O)N2CCC[C@H]2c2nnc(C3CCCN3C(=O)C(=O)c3cc(OC)c(OC)c(OC)c3)o2)cc(CO)c1OC.COc1cc(C(=O)C(=O)O)cc(OC)c1OC. The molecule has 2 amide bonds. The zero-order chi connectivity index (χ0) is 56.9. The Morgan fingerprint density at radius 3 is 1.19 bits per heavy atom. The number of likely N-dealkylation sites (tertiary alicyclic amines) is 2. The van der Waals surface area contributed by atoms with Crippen LogP contribution in [0.3, 0.4) is 0 Å². The summed E-state index contributed by atoms with van der Waals surface area (Å²) in [5.41, 5.74) is 0.353. The number of nitrogens with zero attached hydrogens (tertiary/aromatic N) is 6. The van der Waals surface area contributed by atoms with Crippen molar-refractivity contribution in [1.29, 1.82) is 0 Å². The first-order chi connectivity index (χ1) is 38.2. The van der Waals surface area contributed by atoms with Gasteiger partial charge in [-0.2, -0.15) is 0 Å². The summed E-state index contributed by atoms with van der Waals surface area (Å²) >= 11 is 0. The highest BCUT2D eigenvalue weighted by atomic mass is 16.5. The van der Waals surface area contributed by atoms with Gasteiger partial charge in [0.15, 0.2) is 34.5 Å². The minimum absolute atomic E-state index is 0.0328. The number of benzene rings is 3. The number of hydrogen-bond acceptors (Lipinski definition) is 23. The molecular formula is C53H64N8O18. The van der Waals surface area contributed by atoms with Gasteiger partial charge < -0.3 is 77.4 Å². The molecule has 26 nitrogen and oxygen atoms in total. The number of aromatic nitrogens is 4. The van der Waals surface area contributed by atoms with E-state index in [4.69, 9.17) is 51.8 Å². The monoisotopic (exact) mass is 1100 g/mol. The quantitative estimate of drug-likeness (QED) is 0.0648. The van der Waals surface area contributed by atoms with Crippen molar-refractivity contribution in [2.75, 3.05) is 83.1 Å². The number of ether oxygens (including phenoxy) is 8. The number of ketones is 3. The van der Waals surface area contributed by atoms with Crippen molar-refractivity contribution >= 4 is 35.1 Å². The van der Waals surface area contributed by atoms with Crippen LogP contribution in [-0.4, -0.2) is 159 Å². The minimum Gasteiger partial charge on any atom is -0.493 e. The molecule has 4 atom stereocenters. The summed E-state index contributed by atoms with van der Waals surface area (Å²) in [6.45, 7) is 2.26. The molecule has 26 heteroatoms. The third-order valence-electron chi connectivity index (χ3n) is 13.7. The van der Waals surface area contributed by atoms with E-state index < -0.39 is 53.8 Å². The molecule has 5 aromatic rings. The Labute approximate surface area is 453 Å². The molecule has 0 bridgehead atoms. The second-order valence-corrected chi connectivity index (χ2v) is 18.2. The van der Waals surface area contributed by atoms with Crippen LogP contribution in [0.2, 0.25) is 0 Å². The zero-order valence-corrected chi connectivity index (χ0v) is 45.1. The molecule has 2 aromatic heterocycles. The highest BCUT2D eigenvalue weighted by molar-refractivity contribution is 6.43. The summed E-state index contributed by atoms with van der Waals surface area (Å²) in [7, 11) is 11.2. The highest BCUT2D eigenvalue weighted by Gasteiger charge is 2.41. The summed E-state index contributed by atoms with van der Waals surface area (Å²) in [6.07, 6.45) is 6.76. The molecule has 3 aromatic carbocycles. The molecule has 4 aliphatic heterocycles. The van der Waals surface area contributed by atoms with Gasteiger partial charge >= 0.3 is 5.97 Å². The lowest BCUT2D eigenvalue weighted by molar-refractivity contribution is -0.132. The molecule has 0 radical (unpaired) electrons. The van der Waals surface area contributed by atoms with Crippen LogP contribution in [0.15, 0.2) is 45.2 Å². The first kappa shape index (κ1) is 58.3. The van der Waals surface area contributed by atoms with Gasteiger partial charge in [-0.1, -0.05) is 0 Å². The third kappa shape index (κ3) is 12.8. The summed E-state index contributed by atoms with van der Waals surface area (Å²) in [4.78, 5) is 78.3. The van der Waals surface area contributed by atoms with E-state index in [1.807, 2.05) is 0 Å². The lowest BCUT2D eigenvalue weighted by Crippen LogP contribution is -2.36. The fourth-order valence-electron chi connectivity index (χ4n) is 9.72. The van der Waals surface area contributed by atoms with Crippen molar-refractivity contribution < 1.29 is 85.7 Å². The number of carbonyl (C=O) groups is 6. The molecule has 6 heterocycles. The van der Waals surface area contributed by atoms with Crippen molar-refractivity contribution in [1.82, 2.24) is 40.8 Å². The van der Waals surface area contributed by atoms with Gasteiger partial charge in [-0.05, 0) is 101 Å². The maximum atomic E-state index is 13.5. The molecular weight excluding hydrogens is 1040 g/mol. The number of Topliss-reactive ketones (excluding diaryl/α,β-unsaturated/α-hetero) is 3. The van der Waals surface area contributed by atoms with Crippen molar-refractivity contribution in [3.63, 3.8) is 0 Å². The average molecular weight is 1100 g/mol. The van der Waals surface area contributed by atoms with Crippen LogP contribution in [-0.2, 0) is 21.0 Å². The second kappa shape index (κ2) is 26.8. The number of nitrogens with one attached hydrogen (secondary N) is 2. The second-order valence-electron chi connectivity index (χ2n) is 18.2. The normalized spacial score (nSPS) is 18.3. The van der Waals surface area contributed by atoms with Crippen LogP contribution in [0, 0.1) is 0 Å². The van der Waals surface area contributed by atoms with E-state index in [2.05, 4.69) is 31.0 Å². The summed E-state index contributed by atoms with van der Waals surface area (Å²) in [5, 5.41) is 41.8. The molecule has 4 saturated heterocycles. The topological polar surface area (TPSA) is 325 Å². The smallest absolute Gasteiger partial charge is 0.377 e. The van der Waals surface area contributed by atoms with Gasteiger partial charge in [0.25, 0.3) is 29.2 Å². The Hall–Kier alpha value is -8.36. The average Bonchev–Trinajstić information content (AvgIpc) is 4.41. The molecule has 424 valence electrons. The van der Waals surface area contributed by atoms with Gasteiger partial charge in [0, 0.05) is 35.3 Å². The molecule has 0 spiro atoms. The number of carbonyl (C=O) groups excluding carboxylic acids is 5. The van der Waals surface area contributed by atoms with Gasteiger partial charge in [0.1, 0.15) is 12.1 Å². The molecule has 4 fully saturated rings. The van der Waals surface area contributed by atoms with Crippen molar-refractivity contribution in [3.05, 3.63) is 82.2 Å². The minimum atomic E-state index is -1.54. The van der Waals surface area contributed by atoms with Gasteiger partial charge in [-0.15, -0.1) is 20.4 Å². The van der Waals surface area contributed by atoms with Crippen LogP contribution in [0.1, 0.15) is 136 Å². The predicted molar refractivity (Wildman–Crippen MR) is 274 cm³/mol. The Kier molecular flexibility index (Phi) is 19.8. The van der Waals surface area contributed by atoms with Crippen molar-refractivity contribution in [2.24, 2.45) is 0 Å². The van der Waals surface area contributed by atoms with Gasteiger partial charge in [-0.25, -0.2) is 4.79 Å². The van der Waals surface area contributed by atoms with Crippen molar-refractivity contribution in [2.45, 2.75) is 82.1 Å². The van der Waals surface area contributed by atoms with E-state index in [9.17, 15) is 33.9 Å². The number of amides is 2. The largest absolute Gasteiger partial charge is 0.493 e. The lowest BCUT2D eigenvalue weighted by atomic mass is 10.0. The summed E-state index contributed by atoms with van der Waals surface area (Å²) < 4.78 is 53.3. The van der Waals surface area contributed by atoms with E-state index in [-0.39, 0.29) is 87.3 Å². The number of rotatable bonds is 19. The first-order valence-electron chi connectivity index (χ1n) is 25.3. The molecule has 0 aliphatic carbocycles. The van der Waals surface area contributed by atoms with E-state index in [1.165, 1.54) is 116 Å². The van der Waals surface area contributed by atoms with Crippen LogP contribution < -0.4 is 48.5 Å². The van der Waals surface area contributed by atoms with Gasteiger partial charge in [0.2, 0.25) is 35.1 Å². The van der Waals surface area contributed by atoms with E-state index >= 15 is 0 Å².